The Morgan fingerprint density at radius 2 is 2.06 bits per heavy atom. The van der Waals surface area contributed by atoms with E-state index in [0.29, 0.717) is 23.4 Å². The average Bonchev–Trinajstić information content (AvgIpc) is 2.60. The van der Waals surface area contributed by atoms with Crippen LogP contribution in [0.5, 0.6) is 0 Å². The molecule has 2 heterocycles. The number of H-pyrrole nitrogens is 3. The van der Waals surface area contributed by atoms with Crippen LogP contribution in [0, 0.1) is 0 Å². The molecule has 0 radical (unpaired) electrons. The first-order valence-corrected chi connectivity index (χ1v) is 5.53. The summed E-state index contributed by atoms with van der Waals surface area (Å²) >= 11 is 0. The monoisotopic (exact) mass is 237 g/mol. The predicted octanol–water partition coefficient (Wildman–Crippen LogP) is -0.391. The summed E-state index contributed by atoms with van der Waals surface area (Å²) in [5.74, 6) is 0.688. The van der Waals surface area contributed by atoms with Crippen molar-refractivity contribution in [3.05, 3.63) is 26.7 Å². The molecule has 2 rings (SSSR count). The quantitative estimate of drug-likeness (QED) is 0.578. The second-order valence-corrected chi connectivity index (χ2v) is 4.18. The fourth-order valence-corrected chi connectivity index (χ4v) is 1.69. The van der Waals surface area contributed by atoms with Crippen molar-refractivity contribution in [2.75, 3.05) is 0 Å². The maximum Gasteiger partial charge on any atom is 0.327 e. The number of nitrogens with two attached hydrogens (primary N) is 1. The Morgan fingerprint density at radius 3 is 2.76 bits per heavy atom. The lowest BCUT2D eigenvalue weighted by molar-refractivity contribution is 0.616. The number of nitrogens with zero attached hydrogens (tertiary/aromatic N) is 1. The number of rotatable bonds is 4. The van der Waals surface area contributed by atoms with Crippen LogP contribution in [0.4, 0.5) is 0 Å². The van der Waals surface area contributed by atoms with E-state index >= 15 is 0 Å². The third-order valence-electron chi connectivity index (χ3n) is 2.51. The summed E-state index contributed by atoms with van der Waals surface area (Å²) in [7, 11) is 0. The SMILES string of the molecule is CC(N)CCCc1nc2[nH]c(=O)[nH]c(=O)c2[nH]1. The van der Waals surface area contributed by atoms with Gasteiger partial charge in [0.2, 0.25) is 0 Å². The number of nitrogens with one attached hydrogen (secondary N) is 3. The third-order valence-corrected chi connectivity index (χ3v) is 2.51. The fourth-order valence-electron chi connectivity index (χ4n) is 1.69. The molecule has 2 aromatic rings. The van der Waals surface area contributed by atoms with E-state index in [1.54, 1.807) is 0 Å². The van der Waals surface area contributed by atoms with E-state index in [1.807, 2.05) is 6.92 Å². The van der Waals surface area contributed by atoms with Gasteiger partial charge in [-0.25, -0.2) is 9.78 Å². The van der Waals surface area contributed by atoms with Crippen LogP contribution in [0.1, 0.15) is 25.6 Å². The lowest BCUT2D eigenvalue weighted by Crippen LogP contribution is -2.21. The molecule has 0 amide bonds. The van der Waals surface area contributed by atoms with Crippen molar-refractivity contribution < 1.29 is 0 Å². The zero-order valence-corrected chi connectivity index (χ0v) is 9.54. The summed E-state index contributed by atoms with van der Waals surface area (Å²) in [6.07, 6.45) is 2.49. The summed E-state index contributed by atoms with van der Waals surface area (Å²) in [5, 5.41) is 0. The summed E-state index contributed by atoms with van der Waals surface area (Å²) in [6, 6.07) is 0.155. The van der Waals surface area contributed by atoms with Crippen molar-refractivity contribution >= 4 is 11.2 Å². The van der Waals surface area contributed by atoms with Gasteiger partial charge in [0.05, 0.1) is 0 Å². The normalized spacial score (nSPS) is 13.1. The first-order chi connectivity index (χ1) is 8.06. The maximum atomic E-state index is 11.4. The summed E-state index contributed by atoms with van der Waals surface area (Å²) in [6.45, 7) is 1.95. The van der Waals surface area contributed by atoms with Gasteiger partial charge in [0.25, 0.3) is 5.56 Å². The van der Waals surface area contributed by atoms with Crippen LogP contribution in [0.3, 0.4) is 0 Å². The zero-order chi connectivity index (χ0) is 12.4. The highest BCUT2D eigenvalue weighted by Gasteiger charge is 2.07. The van der Waals surface area contributed by atoms with Gasteiger partial charge in [0.1, 0.15) is 11.3 Å². The van der Waals surface area contributed by atoms with E-state index in [1.165, 1.54) is 0 Å². The molecule has 0 bridgehead atoms. The molecule has 7 heteroatoms. The first-order valence-electron chi connectivity index (χ1n) is 5.53. The highest BCUT2D eigenvalue weighted by atomic mass is 16.2. The number of fused-ring (bicyclic) bond motifs is 1. The van der Waals surface area contributed by atoms with E-state index in [9.17, 15) is 9.59 Å². The summed E-state index contributed by atoms with van der Waals surface area (Å²) < 4.78 is 0. The summed E-state index contributed by atoms with van der Waals surface area (Å²) in [4.78, 5) is 34.1. The Kier molecular flexibility index (Phi) is 3.10. The van der Waals surface area contributed by atoms with E-state index in [0.717, 1.165) is 12.8 Å². The largest absolute Gasteiger partial charge is 0.336 e. The number of hydrogen-bond acceptors (Lipinski definition) is 4. The van der Waals surface area contributed by atoms with Crippen LogP contribution in [-0.4, -0.2) is 26.0 Å². The molecular weight excluding hydrogens is 222 g/mol. The molecule has 0 aliphatic heterocycles. The van der Waals surface area contributed by atoms with Gasteiger partial charge in [-0.3, -0.25) is 14.8 Å². The van der Waals surface area contributed by atoms with E-state index in [-0.39, 0.29) is 6.04 Å². The fraction of sp³-hybridized carbons (Fsp3) is 0.500. The van der Waals surface area contributed by atoms with Crippen molar-refractivity contribution in [3.63, 3.8) is 0 Å². The van der Waals surface area contributed by atoms with Crippen molar-refractivity contribution in [1.82, 2.24) is 19.9 Å². The third kappa shape index (κ3) is 2.62. The number of imidazole rings is 1. The van der Waals surface area contributed by atoms with Gasteiger partial charge in [-0.1, -0.05) is 0 Å². The number of aromatic amines is 3. The molecule has 17 heavy (non-hydrogen) atoms. The van der Waals surface area contributed by atoms with Crippen LogP contribution in [0.25, 0.3) is 11.2 Å². The van der Waals surface area contributed by atoms with Crippen molar-refractivity contribution in [2.45, 2.75) is 32.2 Å². The Bertz CT molecular complexity index is 621. The second-order valence-electron chi connectivity index (χ2n) is 4.18. The van der Waals surface area contributed by atoms with Gasteiger partial charge < -0.3 is 10.7 Å². The number of aryl methyl sites for hydroxylation is 1. The molecule has 0 fully saturated rings. The molecular formula is C10H15N5O2. The van der Waals surface area contributed by atoms with Crippen LogP contribution in [-0.2, 0) is 6.42 Å². The molecule has 5 N–H and O–H groups in total. The van der Waals surface area contributed by atoms with Crippen LogP contribution >= 0.6 is 0 Å². The van der Waals surface area contributed by atoms with Gasteiger partial charge in [-0.2, -0.15) is 0 Å². The standard InChI is InChI=1S/C10H15N5O2/c1-5(11)3-2-4-6-12-7-8(13-6)14-10(17)15-9(7)16/h5H,2-4,11H2,1H3,(H3,12,13,14,15,16,17). The molecule has 0 aliphatic carbocycles. The minimum atomic E-state index is -0.545. The summed E-state index contributed by atoms with van der Waals surface area (Å²) in [5.41, 5.74) is 5.25. The Labute approximate surface area is 96.5 Å². The van der Waals surface area contributed by atoms with Gasteiger partial charge in [0.15, 0.2) is 5.65 Å². The molecule has 7 nitrogen and oxygen atoms in total. The van der Waals surface area contributed by atoms with Crippen LogP contribution in [0.2, 0.25) is 0 Å². The van der Waals surface area contributed by atoms with Gasteiger partial charge >= 0.3 is 5.69 Å². The van der Waals surface area contributed by atoms with E-state index in [2.05, 4.69) is 19.9 Å². The predicted molar refractivity (Wildman–Crippen MR) is 63.9 cm³/mol. The van der Waals surface area contributed by atoms with Crippen LogP contribution in [0.15, 0.2) is 9.59 Å². The lowest BCUT2D eigenvalue weighted by Gasteiger charge is -2.01. The van der Waals surface area contributed by atoms with Gasteiger partial charge in [-0.15, -0.1) is 0 Å². The molecule has 92 valence electrons. The van der Waals surface area contributed by atoms with E-state index < -0.39 is 11.2 Å². The second kappa shape index (κ2) is 4.54. The molecule has 0 aliphatic rings. The highest BCUT2D eigenvalue weighted by molar-refractivity contribution is 5.68. The molecule has 0 aromatic carbocycles. The van der Waals surface area contributed by atoms with E-state index in [4.69, 9.17) is 5.73 Å². The highest BCUT2D eigenvalue weighted by Crippen LogP contribution is 2.05. The van der Waals surface area contributed by atoms with Crippen molar-refractivity contribution in [1.29, 1.82) is 0 Å². The molecule has 0 spiro atoms. The molecule has 1 unspecified atom stereocenters. The zero-order valence-electron chi connectivity index (χ0n) is 9.54. The maximum absolute atomic E-state index is 11.4. The minimum Gasteiger partial charge on any atom is -0.336 e. The molecule has 1 atom stereocenters. The molecule has 0 saturated heterocycles. The van der Waals surface area contributed by atoms with Crippen LogP contribution < -0.4 is 17.0 Å². The van der Waals surface area contributed by atoms with Crippen molar-refractivity contribution in [2.24, 2.45) is 5.73 Å². The van der Waals surface area contributed by atoms with Crippen molar-refractivity contribution in [3.8, 4) is 0 Å². The first kappa shape index (κ1) is 11.6. The van der Waals surface area contributed by atoms with Gasteiger partial charge in [-0.05, 0) is 19.8 Å². The Balaban J connectivity index is 2.23. The number of hydrogen-bond donors (Lipinski definition) is 4. The average molecular weight is 237 g/mol. The smallest absolute Gasteiger partial charge is 0.327 e. The number of aromatic nitrogens is 4. The Morgan fingerprint density at radius 1 is 1.29 bits per heavy atom. The molecule has 0 saturated carbocycles. The minimum absolute atomic E-state index is 0.155. The molecule has 2 aromatic heterocycles. The Hall–Kier alpha value is -1.89. The lowest BCUT2D eigenvalue weighted by atomic mass is 10.1. The van der Waals surface area contributed by atoms with Gasteiger partial charge in [0, 0.05) is 12.5 Å². The topological polar surface area (TPSA) is 120 Å².